The summed E-state index contributed by atoms with van der Waals surface area (Å²) in [6.07, 6.45) is 3.08. The van der Waals surface area contributed by atoms with E-state index >= 15 is 0 Å². The molecule has 2 aromatic heterocycles. The molecular weight excluding hydrogens is 204 g/mol. The molecule has 1 N–H and O–H groups in total. The van der Waals surface area contributed by atoms with E-state index < -0.39 is 5.75 Å². The maximum absolute atomic E-state index is 11.8. The molecule has 0 aliphatic rings. The summed E-state index contributed by atoms with van der Waals surface area (Å²) in [5, 5.41) is 23.0. The Hall–Kier alpha value is -2.36. The second-order valence-electron chi connectivity index (χ2n) is 3.48. The summed E-state index contributed by atoms with van der Waals surface area (Å²) in [5.74, 6) is -0.802. The number of phenols is 1. The zero-order valence-electron chi connectivity index (χ0n) is 8.21. The van der Waals surface area contributed by atoms with Crippen molar-refractivity contribution < 1.29 is 10.2 Å². The fourth-order valence-corrected chi connectivity index (χ4v) is 1.83. The number of aromatic hydroxyl groups is 1. The Kier molecular flexibility index (Phi) is 1.71. The number of fused-ring (bicyclic) bond motifs is 3. The maximum atomic E-state index is 11.8. The normalized spacial score (nSPS) is 11.0. The van der Waals surface area contributed by atoms with Crippen molar-refractivity contribution in [1.29, 1.82) is 0 Å². The van der Waals surface area contributed by atoms with Gasteiger partial charge in [-0.05, 0) is 12.1 Å². The number of nitrogens with zero attached hydrogens (tertiary/aromatic N) is 2. The van der Waals surface area contributed by atoms with Crippen molar-refractivity contribution in [3.63, 3.8) is 0 Å². The fourth-order valence-electron chi connectivity index (χ4n) is 1.83. The molecule has 3 rings (SSSR count). The topological polar surface area (TPSA) is 65.9 Å². The maximum Gasteiger partial charge on any atom is 0.248 e. The van der Waals surface area contributed by atoms with Crippen LogP contribution in [-0.2, 0) is 5.11 Å². The van der Waals surface area contributed by atoms with Gasteiger partial charge in [-0.3, -0.25) is 15.1 Å². The lowest BCUT2D eigenvalue weighted by atomic mass is 10.1. The molecule has 0 saturated heterocycles. The largest absolute Gasteiger partial charge is 0.503 e. The van der Waals surface area contributed by atoms with Crippen LogP contribution < -0.4 is 0 Å². The minimum Gasteiger partial charge on any atom is -0.503 e. The first-order chi connectivity index (χ1) is 7.79. The Balaban J connectivity index is 2.69. The quantitative estimate of drug-likeness (QED) is 0.581. The van der Waals surface area contributed by atoms with E-state index in [2.05, 4.69) is 9.97 Å². The van der Waals surface area contributed by atoms with Gasteiger partial charge in [-0.15, -0.1) is 0 Å². The Morgan fingerprint density at radius 3 is 2.19 bits per heavy atom. The molecule has 0 atom stereocenters. The standard InChI is InChI=1S/C12H7N2O2/c15-11-9-7(3-1-5-13-9)8-4-2-6-14-10(8)12(11)16/h1-6,15H. The van der Waals surface area contributed by atoms with E-state index in [-0.39, 0.29) is 11.3 Å². The van der Waals surface area contributed by atoms with Crippen LogP contribution in [0.25, 0.3) is 21.8 Å². The molecule has 2 heterocycles. The van der Waals surface area contributed by atoms with Crippen molar-refractivity contribution in [2.45, 2.75) is 0 Å². The minimum atomic E-state index is -0.471. The highest BCUT2D eigenvalue weighted by atomic mass is 16.3. The molecule has 77 valence electrons. The van der Waals surface area contributed by atoms with Crippen LogP contribution in [0.5, 0.6) is 11.5 Å². The molecule has 0 spiro atoms. The lowest BCUT2D eigenvalue weighted by Crippen LogP contribution is -1.85. The van der Waals surface area contributed by atoms with Crippen LogP contribution in [0.15, 0.2) is 36.7 Å². The number of phenolic OH excluding ortho intramolecular Hbond substituents is 1. The molecule has 1 radical (unpaired) electrons. The average Bonchev–Trinajstić information content (AvgIpc) is 2.36. The van der Waals surface area contributed by atoms with E-state index in [0.717, 1.165) is 5.39 Å². The molecule has 0 amide bonds. The zero-order chi connectivity index (χ0) is 11.1. The SMILES string of the molecule is [O]c1c(O)c2ncccc2c2cccnc12. The number of hydrogen-bond acceptors (Lipinski definition) is 3. The van der Waals surface area contributed by atoms with Gasteiger partial charge in [0.1, 0.15) is 11.0 Å². The lowest BCUT2D eigenvalue weighted by molar-refractivity contribution is 0.331. The highest BCUT2D eigenvalue weighted by Crippen LogP contribution is 2.39. The highest BCUT2D eigenvalue weighted by molar-refractivity contribution is 6.10. The Labute approximate surface area is 90.8 Å². The van der Waals surface area contributed by atoms with E-state index in [1.54, 1.807) is 24.4 Å². The third-order valence-electron chi connectivity index (χ3n) is 2.56. The van der Waals surface area contributed by atoms with Gasteiger partial charge in [-0.25, -0.2) is 0 Å². The van der Waals surface area contributed by atoms with E-state index in [1.807, 2.05) is 6.07 Å². The smallest absolute Gasteiger partial charge is 0.248 e. The Morgan fingerprint density at radius 2 is 1.50 bits per heavy atom. The van der Waals surface area contributed by atoms with Gasteiger partial charge in [0.15, 0.2) is 5.75 Å². The van der Waals surface area contributed by atoms with Crippen LogP contribution >= 0.6 is 0 Å². The summed E-state index contributed by atoms with van der Waals surface area (Å²) < 4.78 is 0. The number of hydrogen-bond donors (Lipinski definition) is 1. The molecule has 4 nitrogen and oxygen atoms in total. The van der Waals surface area contributed by atoms with Gasteiger partial charge >= 0.3 is 0 Å². The number of rotatable bonds is 0. The second kappa shape index (κ2) is 3.06. The first kappa shape index (κ1) is 8.91. The van der Waals surface area contributed by atoms with Crippen molar-refractivity contribution in [1.82, 2.24) is 9.97 Å². The van der Waals surface area contributed by atoms with Crippen molar-refractivity contribution in [3.8, 4) is 11.5 Å². The summed E-state index contributed by atoms with van der Waals surface area (Å²) in [4.78, 5) is 8.01. The Bertz CT molecular complexity index is 634. The van der Waals surface area contributed by atoms with Crippen LogP contribution in [0.3, 0.4) is 0 Å². The van der Waals surface area contributed by atoms with Gasteiger partial charge in [-0.1, -0.05) is 12.1 Å². The molecule has 0 saturated carbocycles. The van der Waals surface area contributed by atoms with Crippen LogP contribution in [0.2, 0.25) is 0 Å². The number of aromatic nitrogens is 2. The van der Waals surface area contributed by atoms with Gasteiger partial charge in [-0.2, -0.15) is 0 Å². The van der Waals surface area contributed by atoms with Crippen molar-refractivity contribution >= 4 is 21.8 Å². The molecule has 0 aliphatic carbocycles. The second-order valence-corrected chi connectivity index (χ2v) is 3.48. The fraction of sp³-hybridized carbons (Fsp3) is 0. The van der Waals surface area contributed by atoms with Crippen LogP contribution in [0.4, 0.5) is 0 Å². The highest BCUT2D eigenvalue weighted by Gasteiger charge is 2.15. The van der Waals surface area contributed by atoms with E-state index in [9.17, 15) is 10.2 Å². The van der Waals surface area contributed by atoms with Gasteiger partial charge in [0.2, 0.25) is 5.75 Å². The molecule has 0 unspecified atom stereocenters. The summed E-state index contributed by atoms with van der Waals surface area (Å²) in [7, 11) is 0. The average molecular weight is 211 g/mol. The van der Waals surface area contributed by atoms with Gasteiger partial charge < -0.3 is 5.11 Å². The minimum absolute atomic E-state index is 0.278. The summed E-state index contributed by atoms with van der Waals surface area (Å²) >= 11 is 0. The molecule has 0 fully saturated rings. The molecule has 4 heteroatoms. The zero-order valence-corrected chi connectivity index (χ0v) is 8.21. The first-order valence-electron chi connectivity index (χ1n) is 4.80. The van der Waals surface area contributed by atoms with Crippen molar-refractivity contribution in [3.05, 3.63) is 36.7 Å². The summed E-state index contributed by atoms with van der Waals surface area (Å²) in [6.45, 7) is 0. The molecular formula is C12H7N2O2. The van der Waals surface area contributed by atoms with E-state index in [4.69, 9.17) is 0 Å². The molecule has 0 bridgehead atoms. The van der Waals surface area contributed by atoms with Crippen molar-refractivity contribution in [2.24, 2.45) is 0 Å². The number of benzene rings is 1. The molecule has 0 aliphatic heterocycles. The summed E-state index contributed by atoms with van der Waals surface area (Å²) in [5.41, 5.74) is 0.605. The van der Waals surface area contributed by atoms with Crippen LogP contribution in [0.1, 0.15) is 0 Å². The van der Waals surface area contributed by atoms with E-state index in [0.29, 0.717) is 10.9 Å². The van der Waals surface area contributed by atoms with E-state index in [1.165, 1.54) is 6.20 Å². The monoisotopic (exact) mass is 211 g/mol. The number of pyridine rings is 2. The van der Waals surface area contributed by atoms with Gasteiger partial charge in [0, 0.05) is 23.2 Å². The van der Waals surface area contributed by atoms with Crippen LogP contribution in [0, 0.1) is 0 Å². The molecule has 1 aromatic carbocycles. The first-order valence-corrected chi connectivity index (χ1v) is 4.80. The van der Waals surface area contributed by atoms with Crippen molar-refractivity contribution in [2.75, 3.05) is 0 Å². The predicted octanol–water partition coefficient (Wildman–Crippen LogP) is 2.63. The summed E-state index contributed by atoms with van der Waals surface area (Å²) in [6, 6.07) is 7.13. The van der Waals surface area contributed by atoms with Crippen LogP contribution in [-0.4, -0.2) is 15.1 Å². The van der Waals surface area contributed by atoms with Gasteiger partial charge in [0.25, 0.3) is 0 Å². The Morgan fingerprint density at radius 1 is 0.938 bits per heavy atom. The third-order valence-corrected chi connectivity index (χ3v) is 2.56. The molecule has 16 heavy (non-hydrogen) atoms. The molecule has 3 aromatic rings. The van der Waals surface area contributed by atoms with Gasteiger partial charge in [0.05, 0.1) is 0 Å². The lowest BCUT2D eigenvalue weighted by Gasteiger charge is -2.05. The third kappa shape index (κ3) is 1.04. The predicted molar refractivity (Wildman–Crippen MR) is 58.8 cm³/mol.